The SMILES string of the molecule is C[C@H]1CCC(=O)C=CC(=O)c2c(O)cc(O)cc2CC(=O)O1. The van der Waals surface area contributed by atoms with Crippen LogP contribution in [0.5, 0.6) is 11.5 Å². The quantitative estimate of drug-likeness (QED) is 0.707. The van der Waals surface area contributed by atoms with Gasteiger partial charge in [-0.3, -0.25) is 14.4 Å². The molecule has 0 radical (unpaired) electrons. The summed E-state index contributed by atoms with van der Waals surface area (Å²) in [5.74, 6) is -2.19. The predicted octanol–water partition coefficient (Wildman–Crippen LogP) is 1.67. The van der Waals surface area contributed by atoms with E-state index >= 15 is 0 Å². The number of fused-ring (bicyclic) bond motifs is 1. The number of hydrogen-bond acceptors (Lipinski definition) is 6. The van der Waals surface area contributed by atoms with E-state index < -0.39 is 23.6 Å². The van der Waals surface area contributed by atoms with Crippen molar-refractivity contribution in [2.45, 2.75) is 32.3 Å². The molecule has 1 aromatic rings. The molecule has 0 fully saturated rings. The average Bonchev–Trinajstić information content (AvgIpc) is 2.40. The Labute approximate surface area is 127 Å². The highest BCUT2D eigenvalue weighted by molar-refractivity contribution is 6.10. The Balaban J connectivity index is 2.48. The maximum Gasteiger partial charge on any atom is 0.310 e. The van der Waals surface area contributed by atoms with Gasteiger partial charge in [0.25, 0.3) is 0 Å². The van der Waals surface area contributed by atoms with Crippen molar-refractivity contribution >= 4 is 17.5 Å². The summed E-state index contributed by atoms with van der Waals surface area (Å²) in [6, 6.07) is 2.23. The molecule has 0 spiro atoms. The van der Waals surface area contributed by atoms with Crippen molar-refractivity contribution in [3.8, 4) is 11.5 Å². The molecule has 0 saturated heterocycles. The number of esters is 1. The summed E-state index contributed by atoms with van der Waals surface area (Å²) in [5.41, 5.74) is 0.0319. The van der Waals surface area contributed by atoms with Crippen molar-refractivity contribution < 1.29 is 29.3 Å². The fourth-order valence-electron chi connectivity index (χ4n) is 2.25. The highest BCUT2D eigenvalue weighted by atomic mass is 16.5. The number of carbonyl (C=O) groups excluding carboxylic acids is 3. The van der Waals surface area contributed by atoms with Crippen LogP contribution in [-0.4, -0.2) is 33.9 Å². The summed E-state index contributed by atoms with van der Waals surface area (Å²) in [5, 5.41) is 19.4. The van der Waals surface area contributed by atoms with Gasteiger partial charge in [0.15, 0.2) is 11.6 Å². The van der Waals surface area contributed by atoms with Crippen molar-refractivity contribution in [2.75, 3.05) is 0 Å². The summed E-state index contributed by atoms with van der Waals surface area (Å²) >= 11 is 0. The van der Waals surface area contributed by atoms with Gasteiger partial charge in [-0.25, -0.2) is 0 Å². The normalized spacial score (nSPS) is 19.9. The lowest BCUT2D eigenvalue weighted by Gasteiger charge is -2.15. The zero-order chi connectivity index (χ0) is 16.3. The lowest BCUT2D eigenvalue weighted by atomic mass is 9.98. The lowest BCUT2D eigenvalue weighted by Crippen LogP contribution is -2.19. The van der Waals surface area contributed by atoms with Gasteiger partial charge in [0.05, 0.1) is 18.1 Å². The van der Waals surface area contributed by atoms with Crippen LogP contribution < -0.4 is 0 Å². The first-order valence-corrected chi connectivity index (χ1v) is 6.86. The monoisotopic (exact) mass is 304 g/mol. The largest absolute Gasteiger partial charge is 0.508 e. The molecule has 1 heterocycles. The minimum absolute atomic E-state index is 0.118. The first kappa shape index (κ1) is 15.8. The number of benzene rings is 1. The van der Waals surface area contributed by atoms with E-state index in [2.05, 4.69) is 0 Å². The zero-order valence-corrected chi connectivity index (χ0v) is 12.0. The van der Waals surface area contributed by atoms with Crippen molar-refractivity contribution in [1.82, 2.24) is 0 Å². The fraction of sp³-hybridized carbons (Fsp3) is 0.312. The maximum atomic E-state index is 12.1. The second kappa shape index (κ2) is 6.43. The number of ketones is 2. The Morgan fingerprint density at radius 2 is 1.86 bits per heavy atom. The molecule has 2 N–H and O–H groups in total. The first-order chi connectivity index (χ1) is 10.4. The van der Waals surface area contributed by atoms with Crippen LogP contribution in [0.25, 0.3) is 0 Å². The molecule has 0 saturated carbocycles. The van der Waals surface area contributed by atoms with Gasteiger partial charge in [0.1, 0.15) is 11.5 Å². The van der Waals surface area contributed by atoms with Gasteiger partial charge < -0.3 is 14.9 Å². The van der Waals surface area contributed by atoms with Gasteiger partial charge in [-0.05, 0) is 37.1 Å². The van der Waals surface area contributed by atoms with Gasteiger partial charge in [0.2, 0.25) is 0 Å². The molecule has 2 rings (SSSR count). The number of allylic oxidation sites excluding steroid dienone is 2. The van der Waals surface area contributed by atoms with Crippen LogP contribution in [0.2, 0.25) is 0 Å². The standard InChI is InChI=1S/C16H16O6/c1-9-2-3-11(17)4-5-13(19)16-10(7-15(21)22-9)6-12(18)8-14(16)20/h4-6,8-9,18,20H,2-3,7H2,1H3/t9-/m0/s1. The molecule has 1 aliphatic heterocycles. The van der Waals surface area contributed by atoms with Crippen molar-refractivity contribution in [3.63, 3.8) is 0 Å². The maximum absolute atomic E-state index is 12.1. The van der Waals surface area contributed by atoms with Crippen LogP contribution in [0.4, 0.5) is 0 Å². The third-order valence-electron chi connectivity index (χ3n) is 3.32. The minimum Gasteiger partial charge on any atom is -0.508 e. The minimum atomic E-state index is -0.609. The molecule has 0 amide bonds. The van der Waals surface area contributed by atoms with Crippen molar-refractivity contribution in [2.24, 2.45) is 0 Å². The average molecular weight is 304 g/mol. The molecule has 22 heavy (non-hydrogen) atoms. The first-order valence-electron chi connectivity index (χ1n) is 6.86. The second-order valence-electron chi connectivity index (χ2n) is 5.18. The molecular formula is C16H16O6. The molecule has 116 valence electrons. The number of cyclic esters (lactones) is 1. The van der Waals surface area contributed by atoms with Gasteiger partial charge in [-0.2, -0.15) is 0 Å². The van der Waals surface area contributed by atoms with Crippen LogP contribution >= 0.6 is 0 Å². The van der Waals surface area contributed by atoms with Crippen LogP contribution in [0.15, 0.2) is 24.3 Å². The molecule has 0 bridgehead atoms. The highest BCUT2D eigenvalue weighted by Crippen LogP contribution is 2.29. The number of carbonyl (C=O) groups is 3. The second-order valence-corrected chi connectivity index (χ2v) is 5.18. The summed E-state index contributed by atoms with van der Waals surface area (Å²) in [7, 11) is 0. The third-order valence-corrected chi connectivity index (χ3v) is 3.32. The molecule has 0 aromatic heterocycles. The van der Waals surface area contributed by atoms with Crippen LogP contribution in [0.3, 0.4) is 0 Å². The Bertz CT molecular complexity index is 659. The Morgan fingerprint density at radius 3 is 2.59 bits per heavy atom. The summed E-state index contributed by atoms with van der Waals surface area (Å²) < 4.78 is 5.15. The Kier molecular flexibility index (Phi) is 4.60. The molecular weight excluding hydrogens is 288 g/mol. The van der Waals surface area contributed by atoms with Gasteiger partial charge in [0, 0.05) is 12.5 Å². The van der Waals surface area contributed by atoms with E-state index in [0.717, 1.165) is 18.2 Å². The van der Waals surface area contributed by atoms with E-state index in [-0.39, 0.29) is 35.5 Å². The van der Waals surface area contributed by atoms with Crippen molar-refractivity contribution in [3.05, 3.63) is 35.4 Å². The number of phenolic OH excluding ortho intramolecular Hbond substituents is 2. The fourth-order valence-corrected chi connectivity index (χ4v) is 2.25. The molecule has 1 aromatic carbocycles. The van der Waals surface area contributed by atoms with Crippen LogP contribution in [0, 0.1) is 0 Å². The van der Waals surface area contributed by atoms with E-state index in [0.29, 0.717) is 6.42 Å². The van der Waals surface area contributed by atoms with E-state index in [1.54, 1.807) is 6.92 Å². The van der Waals surface area contributed by atoms with Crippen LogP contribution in [0.1, 0.15) is 35.7 Å². The van der Waals surface area contributed by atoms with E-state index in [1.165, 1.54) is 6.07 Å². The molecule has 6 nitrogen and oxygen atoms in total. The number of phenols is 2. The summed E-state index contributed by atoms with van der Waals surface area (Å²) in [4.78, 5) is 35.7. The number of ether oxygens (including phenoxy) is 1. The summed E-state index contributed by atoms with van der Waals surface area (Å²) in [6.45, 7) is 1.67. The topological polar surface area (TPSA) is 101 Å². The molecule has 1 atom stereocenters. The van der Waals surface area contributed by atoms with Gasteiger partial charge >= 0.3 is 5.97 Å². The Hall–Kier alpha value is -2.63. The van der Waals surface area contributed by atoms with E-state index in [4.69, 9.17) is 4.74 Å². The third kappa shape index (κ3) is 3.72. The van der Waals surface area contributed by atoms with Gasteiger partial charge in [-0.1, -0.05) is 0 Å². The molecule has 6 heteroatoms. The summed E-state index contributed by atoms with van der Waals surface area (Å²) in [6.07, 6.45) is 2.04. The predicted molar refractivity (Wildman–Crippen MR) is 76.7 cm³/mol. The lowest BCUT2D eigenvalue weighted by molar-refractivity contribution is -0.148. The smallest absolute Gasteiger partial charge is 0.310 e. The molecule has 0 unspecified atom stereocenters. The number of rotatable bonds is 0. The zero-order valence-electron chi connectivity index (χ0n) is 12.0. The molecule has 0 aliphatic carbocycles. The van der Waals surface area contributed by atoms with Gasteiger partial charge in [-0.15, -0.1) is 0 Å². The van der Waals surface area contributed by atoms with Crippen molar-refractivity contribution in [1.29, 1.82) is 0 Å². The number of hydrogen-bond donors (Lipinski definition) is 2. The van der Waals surface area contributed by atoms with E-state index in [1.807, 2.05) is 0 Å². The Morgan fingerprint density at radius 1 is 1.14 bits per heavy atom. The van der Waals surface area contributed by atoms with Crippen LogP contribution in [-0.2, 0) is 20.7 Å². The molecule has 1 aliphatic rings. The van der Waals surface area contributed by atoms with E-state index in [9.17, 15) is 24.6 Å². The number of aromatic hydroxyl groups is 2. The highest BCUT2D eigenvalue weighted by Gasteiger charge is 2.21.